The number of benzene rings is 3. The maximum Gasteiger partial charge on any atom is 0.251 e. The van der Waals surface area contributed by atoms with E-state index >= 15 is 0 Å². The molecule has 3 aromatic carbocycles. The van der Waals surface area contributed by atoms with E-state index in [1.807, 2.05) is 18.2 Å². The van der Waals surface area contributed by atoms with Crippen LogP contribution in [0.2, 0.25) is 0 Å². The Morgan fingerprint density at radius 3 is 2.71 bits per heavy atom. The minimum Gasteiger partial charge on any atom is -0.436 e. The highest BCUT2D eigenvalue weighted by atomic mass is 19.1. The quantitative estimate of drug-likeness (QED) is 0.553. The predicted molar refractivity (Wildman–Crippen MR) is 104 cm³/mol. The molecular weight excluding hydrogens is 355 g/mol. The number of aromatic nitrogens is 1. The van der Waals surface area contributed by atoms with E-state index in [0.717, 1.165) is 6.42 Å². The molecule has 1 aromatic heterocycles. The number of carbonyl (C=O) groups excluding carboxylic acids is 1. The molecule has 2 atom stereocenters. The first-order valence-corrected chi connectivity index (χ1v) is 9.20. The average Bonchev–Trinajstić information content (AvgIpc) is 3.34. The summed E-state index contributed by atoms with van der Waals surface area (Å²) in [6.45, 7) is 0. The van der Waals surface area contributed by atoms with Crippen LogP contribution in [0, 0.1) is 5.82 Å². The zero-order valence-corrected chi connectivity index (χ0v) is 14.9. The molecule has 1 heterocycles. The Morgan fingerprint density at radius 2 is 1.89 bits per heavy atom. The lowest BCUT2D eigenvalue weighted by atomic mass is 10.1. The fourth-order valence-electron chi connectivity index (χ4n) is 3.49. The summed E-state index contributed by atoms with van der Waals surface area (Å²) < 4.78 is 19.1. The Kier molecular flexibility index (Phi) is 3.93. The summed E-state index contributed by atoms with van der Waals surface area (Å²) in [4.78, 5) is 17.0. The number of nitrogens with one attached hydrogen (secondary N) is 1. The summed E-state index contributed by atoms with van der Waals surface area (Å²) in [6, 6.07) is 21.6. The van der Waals surface area contributed by atoms with Gasteiger partial charge in [-0.05, 0) is 48.4 Å². The van der Waals surface area contributed by atoms with Crippen LogP contribution >= 0.6 is 0 Å². The summed E-state index contributed by atoms with van der Waals surface area (Å²) in [5, 5.41) is 3.08. The normalized spacial score (nSPS) is 18.2. The zero-order valence-electron chi connectivity index (χ0n) is 14.9. The number of carbonyl (C=O) groups is 1. The van der Waals surface area contributed by atoms with Gasteiger partial charge in [-0.2, -0.15) is 0 Å². The topological polar surface area (TPSA) is 55.1 Å². The molecule has 1 aliphatic rings. The highest BCUT2D eigenvalue weighted by Gasteiger charge is 2.39. The second-order valence-corrected chi connectivity index (χ2v) is 7.04. The van der Waals surface area contributed by atoms with Gasteiger partial charge in [-0.25, -0.2) is 9.37 Å². The van der Waals surface area contributed by atoms with Gasteiger partial charge < -0.3 is 9.73 Å². The highest BCUT2D eigenvalue weighted by molar-refractivity contribution is 5.97. The number of rotatable bonds is 4. The summed E-state index contributed by atoms with van der Waals surface area (Å²) >= 11 is 0. The van der Waals surface area contributed by atoms with Crippen molar-refractivity contribution in [2.75, 3.05) is 0 Å². The molecule has 4 nitrogen and oxygen atoms in total. The van der Waals surface area contributed by atoms with Gasteiger partial charge in [0.1, 0.15) is 11.3 Å². The molecule has 0 spiro atoms. The van der Waals surface area contributed by atoms with Crippen molar-refractivity contribution in [1.82, 2.24) is 10.3 Å². The molecule has 5 heteroatoms. The molecule has 1 saturated carbocycles. The third kappa shape index (κ3) is 3.16. The van der Waals surface area contributed by atoms with Gasteiger partial charge in [0.2, 0.25) is 5.89 Å². The minimum atomic E-state index is -0.350. The van der Waals surface area contributed by atoms with Gasteiger partial charge >= 0.3 is 0 Å². The monoisotopic (exact) mass is 372 g/mol. The van der Waals surface area contributed by atoms with Crippen molar-refractivity contribution >= 4 is 17.0 Å². The van der Waals surface area contributed by atoms with Crippen LogP contribution < -0.4 is 5.32 Å². The lowest BCUT2D eigenvalue weighted by Crippen LogP contribution is -2.26. The summed E-state index contributed by atoms with van der Waals surface area (Å²) in [5.74, 6) is 0.233. The second-order valence-electron chi connectivity index (χ2n) is 7.04. The van der Waals surface area contributed by atoms with Crippen molar-refractivity contribution in [3.63, 3.8) is 0 Å². The van der Waals surface area contributed by atoms with Gasteiger partial charge in [-0.1, -0.05) is 36.4 Å². The number of hydrogen-bond acceptors (Lipinski definition) is 3. The SMILES string of the molecule is O=C(N[C@@H]1C[C@H]1c1ccccc1)c1ccc2oc(-c3cccc(F)c3)nc2c1. The Morgan fingerprint density at radius 1 is 1.04 bits per heavy atom. The smallest absolute Gasteiger partial charge is 0.251 e. The Hall–Kier alpha value is -3.47. The summed E-state index contributed by atoms with van der Waals surface area (Å²) in [7, 11) is 0. The van der Waals surface area contributed by atoms with Gasteiger partial charge in [0.05, 0.1) is 0 Å². The third-order valence-corrected chi connectivity index (χ3v) is 5.06. The van der Waals surface area contributed by atoms with E-state index < -0.39 is 0 Å². The van der Waals surface area contributed by atoms with Gasteiger partial charge in [-0.3, -0.25) is 4.79 Å². The third-order valence-electron chi connectivity index (χ3n) is 5.06. The average molecular weight is 372 g/mol. The van der Waals surface area contributed by atoms with E-state index in [9.17, 15) is 9.18 Å². The van der Waals surface area contributed by atoms with Gasteiger partial charge in [0.15, 0.2) is 5.58 Å². The number of oxazole rings is 1. The number of hydrogen-bond donors (Lipinski definition) is 1. The first-order chi connectivity index (χ1) is 13.7. The molecule has 0 bridgehead atoms. The van der Waals surface area contributed by atoms with Crippen molar-refractivity contribution in [2.45, 2.75) is 18.4 Å². The molecule has 1 N–H and O–H groups in total. The fourth-order valence-corrected chi connectivity index (χ4v) is 3.49. The van der Waals surface area contributed by atoms with Crippen molar-refractivity contribution in [1.29, 1.82) is 0 Å². The minimum absolute atomic E-state index is 0.124. The van der Waals surface area contributed by atoms with Gasteiger partial charge in [0.25, 0.3) is 5.91 Å². The van der Waals surface area contributed by atoms with E-state index in [-0.39, 0.29) is 17.8 Å². The van der Waals surface area contributed by atoms with Crippen molar-refractivity contribution in [3.05, 3.63) is 89.7 Å². The second kappa shape index (κ2) is 6.60. The van der Waals surface area contributed by atoms with Crippen LogP contribution in [0.15, 0.2) is 77.2 Å². The molecule has 1 amide bonds. The van der Waals surface area contributed by atoms with E-state index in [4.69, 9.17) is 4.42 Å². The number of fused-ring (bicyclic) bond motifs is 1. The van der Waals surface area contributed by atoms with E-state index in [2.05, 4.69) is 22.4 Å². The molecule has 0 saturated heterocycles. The van der Waals surface area contributed by atoms with Crippen LogP contribution in [0.5, 0.6) is 0 Å². The van der Waals surface area contributed by atoms with Crippen LogP contribution in [0.4, 0.5) is 4.39 Å². The van der Waals surface area contributed by atoms with Crippen LogP contribution in [0.1, 0.15) is 28.3 Å². The highest BCUT2D eigenvalue weighted by Crippen LogP contribution is 2.40. The molecule has 4 aromatic rings. The van der Waals surface area contributed by atoms with Crippen LogP contribution in [0.3, 0.4) is 0 Å². The Labute approximate surface area is 161 Å². The molecule has 0 aliphatic heterocycles. The van der Waals surface area contributed by atoms with Gasteiger partial charge in [0, 0.05) is 23.1 Å². The molecule has 138 valence electrons. The Bertz CT molecular complexity index is 1170. The first kappa shape index (κ1) is 16.7. The maximum absolute atomic E-state index is 13.4. The maximum atomic E-state index is 13.4. The van der Waals surface area contributed by atoms with E-state index in [1.165, 1.54) is 17.7 Å². The molecule has 0 radical (unpaired) electrons. The summed E-state index contributed by atoms with van der Waals surface area (Å²) in [6.07, 6.45) is 0.950. The van der Waals surface area contributed by atoms with Crippen molar-refractivity contribution in [2.24, 2.45) is 0 Å². The standard InChI is InChI=1S/C23H17FN2O2/c24-17-8-4-7-16(11-17)23-26-20-12-15(9-10-21(20)28-23)22(27)25-19-13-18(19)14-5-2-1-3-6-14/h1-12,18-19H,13H2,(H,25,27)/t18-,19+/m0/s1. The molecule has 5 rings (SSSR count). The largest absolute Gasteiger partial charge is 0.436 e. The molecule has 0 unspecified atom stereocenters. The zero-order chi connectivity index (χ0) is 19.1. The number of amides is 1. The van der Waals surface area contributed by atoms with Gasteiger partial charge in [-0.15, -0.1) is 0 Å². The van der Waals surface area contributed by atoms with Crippen LogP contribution in [-0.4, -0.2) is 16.9 Å². The van der Waals surface area contributed by atoms with E-state index in [1.54, 1.807) is 30.3 Å². The lowest BCUT2D eigenvalue weighted by Gasteiger charge is -2.05. The molecule has 28 heavy (non-hydrogen) atoms. The predicted octanol–water partition coefficient (Wildman–Crippen LogP) is 4.92. The first-order valence-electron chi connectivity index (χ1n) is 9.20. The van der Waals surface area contributed by atoms with Crippen LogP contribution in [0.25, 0.3) is 22.6 Å². The van der Waals surface area contributed by atoms with Crippen molar-refractivity contribution < 1.29 is 13.6 Å². The number of halogens is 1. The molecular formula is C23H17FN2O2. The molecule has 1 aliphatic carbocycles. The summed E-state index contributed by atoms with van der Waals surface area (Å²) in [5.41, 5.74) is 3.47. The fraction of sp³-hybridized carbons (Fsp3) is 0.130. The number of nitrogens with zero attached hydrogens (tertiary/aromatic N) is 1. The Balaban J connectivity index is 1.34. The van der Waals surface area contributed by atoms with E-state index in [0.29, 0.717) is 34.0 Å². The van der Waals surface area contributed by atoms with Crippen molar-refractivity contribution in [3.8, 4) is 11.5 Å². The van der Waals surface area contributed by atoms with Crippen LogP contribution in [-0.2, 0) is 0 Å². The molecule has 1 fully saturated rings. The lowest BCUT2D eigenvalue weighted by molar-refractivity contribution is 0.0950.